The highest BCUT2D eigenvalue weighted by Gasteiger charge is 2.02. The molecule has 2 rings (SSSR count). The summed E-state index contributed by atoms with van der Waals surface area (Å²) in [5, 5.41) is 12.0. The van der Waals surface area contributed by atoms with Crippen molar-refractivity contribution in [2.45, 2.75) is 19.5 Å². The van der Waals surface area contributed by atoms with E-state index in [1.54, 1.807) is 6.07 Å². The molecule has 0 atom stereocenters. The number of hydrogen-bond donors (Lipinski definition) is 1. The molecule has 0 aliphatic rings. The molecule has 21 heavy (non-hydrogen) atoms. The van der Waals surface area contributed by atoms with Crippen LogP contribution in [0.1, 0.15) is 23.5 Å². The molecule has 110 valence electrons. The number of benzene rings is 1. The van der Waals surface area contributed by atoms with Gasteiger partial charge in [0.25, 0.3) is 0 Å². The number of nitrogens with zero attached hydrogens (tertiary/aromatic N) is 2. The number of nitrogens with one attached hydrogen (secondary N) is 1. The van der Waals surface area contributed by atoms with E-state index in [2.05, 4.69) is 41.5 Å². The molecular weight excluding hydrogens is 262 g/mol. The van der Waals surface area contributed by atoms with Gasteiger partial charge in [-0.05, 0) is 44.3 Å². The van der Waals surface area contributed by atoms with Crippen LogP contribution >= 0.6 is 0 Å². The lowest BCUT2D eigenvalue weighted by Gasteiger charge is -2.16. The van der Waals surface area contributed by atoms with Crippen molar-refractivity contribution < 1.29 is 4.42 Å². The van der Waals surface area contributed by atoms with Crippen LogP contribution in [0.2, 0.25) is 0 Å². The maximum absolute atomic E-state index is 8.67. The number of nitriles is 1. The normalized spacial score (nSPS) is 10.7. The van der Waals surface area contributed by atoms with Crippen molar-refractivity contribution in [2.24, 2.45) is 0 Å². The van der Waals surface area contributed by atoms with E-state index in [9.17, 15) is 0 Å². The predicted octanol–water partition coefficient (Wildman–Crippen LogP) is 2.76. The Morgan fingerprint density at radius 2 is 2.00 bits per heavy atom. The van der Waals surface area contributed by atoms with Gasteiger partial charge in [-0.1, -0.05) is 30.3 Å². The van der Waals surface area contributed by atoms with Crippen molar-refractivity contribution in [3.63, 3.8) is 0 Å². The number of hydrogen-bond acceptors (Lipinski definition) is 4. The van der Waals surface area contributed by atoms with E-state index in [0.717, 1.165) is 31.8 Å². The zero-order chi connectivity index (χ0) is 14.9. The average Bonchev–Trinajstić information content (AvgIpc) is 2.96. The molecule has 0 saturated heterocycles. The van der Waals surface area contributed by atoms with Crippen LogP contribution in [0.4, 0.5) is 0 Å². The Balaban J connectivity index is 1.58. The maximum Gasteiger partial charge on any atom is 0.203 e. The second-order valence-electron chi connectivity index (χ2n) is 5.13. The second-order valence-corrected chi connectivity index (χ2v) is 5.13. The van der Waals surface area contributed by atoms with Crippen LogP contribution in [-0.2, 0) is 13.1 Å². The summed E-state index contributed by atoms with van der Waals surface area (Å²) >= 11 is 0. The fourth-order valence-electron chi connectivity index (χ4n) is 2.19. The summed E-state index contributed by atoms with van der Waals surface area (Å²) in [7, 11) is 2.14. The van der Waals surface area contributed by atoms with E-state index >= 15 is 0 Å². The maximum atomic E-state index is 8.67. The molecule has 0 saturated carbocycles. The fraction of sp³-hybridized carbons (Fsp3) is 0.353. The Kier molecular flexibility index (Phi) is 6.01. The smallest absolute Gasteiger partial charge is 0.203 e. The molecule has 0 aliphatic heterocycles. The third kappa shape index (κ3) is 5.42. The Hall–Kier alpha value is -2.09. The van der Waals surface area contributed by atoms with E-state index in [0.29, 0.717) is 12.3 Å². The average molecular weight is 283 g/mol. The van der Waals surface area contributed by atoms with Crippen LogP contribution in [0.3, 0.4) is 0 Å². The third-order valence-electron chi connectivity index (χ3n) is 3.26. The minimum atomic E-state index is 0.370. The minimum absolute atomic E-state index is 0.370. The van der Waals surface area contributed by atoms with Gasteiger partial charge >= 0.3 is 0 Å². The van der Waals surface area contributed by atoms with Gasteiger partial charge in [0, 0.05) is 6.54 Å². The largest absolute Gasteiger partial charge is 0.449 e. The summed E-state index contributed by atoms with van der Waals surface area (Å²) in [6, 6.07) is 16.0. The molecule has 1 aromatic carbocycles. The minimum Gasteiger partial charge on any atom is -0.449 e. The molecule has 0 amide bonds. The van der Waals surface area contributed by atoms with Gasteiger partial charge < -0.3 is 14.6 Å². The standard InChI is InChI=1S/C17H21N3O/c1-20(14-15-6-3-2-4-7-15)11-5-10-19-13-17-9-8-16(12-18)21-17/h2-4,6-9,19H,5,10-11,13-14H2,1H3. The van der Waals surface area contributed by atoms with Crippen LogP contribution in [-0.4, -0.2) is 25.0 Å². The van der Waals surface area contributed by atoms with Gasteiger partial charge in [-0.15, -0.1) is 0 Å². The molecule has 0 aliphatic carbocycles. The molecule has 0 unspecified atom stereocenters. The molecule has 4 nitrogen and oxygen atoms in total. The second kappa shape index (κ2) is 8.25. The van der Waals surface area contributed by atoms with Crippen LogP contribution in [0.25, 0.3) is 0 Å². The molecule has 0 spiro atoms. The topological polar surface area (TPSA) is 52.2 Å². The van der Waals surface area contributed by atoms with E-state index in [4.69, 9.17) is 9.68 Å². The Bertz CT molecular complexity index is 571. The van der Waals surface area contributed by atoms with Gasteiger partial charge in [-0.3, -0.25) is 0 Å². The van der Waals surface area contributed by atoms with Gasteiger partial charge in [-0.25, -0.2) is 0 Å². The molecule has 1 heterocycles. The monoisotopic (exact) mass is 283 g/mol. The van der Waals surface area contributed by atoms with Gasteiger partial charge in [0.2, 0.25) is 5.76 Å². The molecule has 1 N–H and O–H groups in total. The molecule has 0 bridgehead atoms. The predicted molar refractivity (Wildman–Crippen MR) is 82.5 cm³/mol. The van der Waals surface area contributed by atoms with Gasteiger partial charge in [0.15, 0.2) is 0 Å². The summed E-state index contributed by atoms with van der Waals surface area (Å²) in [6.07, 6.45) is 1.08. The Morgan fingerprint density at radius 1 is 1.19 bits per heavy atom. The quantitative estimate of drug-likeness (QED) is 0.757. The summed E-state index contributed by atoms with van der Waals surface area (Å²) in [5.74, 6) is 1.18. The molecule has 0 radical (unpaired) electrons. The summed E-state index contributed by atoms with van der Waals surface area (Å²) < 4.78 is 5.31. The highest BCUT2D eigenvalue weighted by Crippen LogP contribution is 2.06. The van der Waals surface area contributed by atoms with E-state index in [1.165, 1.54) is 5.56 Å². The van der Waals surface area contributed by atoms with Crippen LogP contribution in [0.15, 0.2) is 46.9 Å². The van der Waals surface area contributed by atoms with Crippen molar-refractivity contribution in [1.29, 1.82) is 5.26 Å². The van der Waals surface area contributed by atoms with Crippen molar-refractivity contribution in [3.05, 3.63) is 59.5 Å². The van der Waals surface area contributed by atoms with E-state index in [1.807, 2.05) is 18.2 Å². The first kappa shape index (κ1) is 15.3. The van der Waals surface area contributed by atoms with Crippen molar-refractivity contribution in [3.8, 4) is 6.07 Å². The number of furan rings is 1. The lowest BCUT2D eigenvalue weighted by molar-refractivity contribution is 0.318. The van der Waals surface area contributed by atoms with Crippen LogP contribution in [0.5, 0.6) is 0 Å². The zero-order valence-corrected chi connectivity index (χ0v) is 12.4. The lowest BCUT2D eigenvalue weighted by Crippen LogP contribution is -2.23. The summed E-state index contributed by atoms with van der Waals surface area (Å²) in [5.41, 5.74) is 1.34. The third-order valence-corrected chi connectivity index (χ3v) is 3.26. The SMILES string of the molecule is CN(CCCNCc1ccc(C#N)o1)Cc1ccccc1. The first-order valence-corrected chi connectivity index (χ1v) is 7.20. The highest BCUT2D eigenvalue weighted by atomic mass is 16.3. The highest BCUT2D eigenvalue weighted by molar-refractivity contribution is 5.19. The lowest BCUT2D eigenvalue weighted by atomic mass is 10.2. The van der Waals surface area contributed by atoms with Crippen LogP contribution < -0.4 is 5.32 Å². The van der Waals surface area contributed by atoms with Crippen molar-refractivity contribution in [2.75, 3.05) is 20.1 Å². The zero-order valence-electron chi connectivity index (χ0n) is 12.4. The first-order valence-electron chi connectivity index (χ1n) is 7.20. The Morgan fingerprint density at radius 3 is 2.71 bits per heavy atom. The van der Waals surface area contributed by atoms with Gasteiger partial charge in [-0.2, -0.15) is 5.26 Å². The molecular formula is C17H21N3O. The van der Waals surface area contributed by atoms with Gasteiger partial charge in [0.1, 0.15) is 11.8 Å². The van der Waals surface area contributed by atoms with E-state index < -0.39 is 0 Å². The summed E-state index contributed by atoms with van der Waals surface area (Å²) in [4.78, 5) is 2.32. The summed E-state index contributed by atoms with van der Waals surface area (Å²) in [6.45, 7) is 3.62. The van der Waals surface area contributed by atoms with E-state index in [-0.39, 0.29) is 0 Å². The molecule has 4 heteroatoms. The molecule has 2 aromatic rings. The van der Waals surface area contributed by atoms with Crippen molar-refractivity contribution in [1.82, 2.24) is 10.2 Å². The van der Waals surface area contributed by atoms with Gasteiger partial charge in [0.05, 0.1) is 6.54 Å². The first-order chi connectivity index (χ1) is 10.3. The van der Waals surface area contributed by atoms with Crippen molar-refractivity contribution >= 4 is 0 Å². The fourth-order valence-corrected chi connectivity index (χ4v) is 2.19. The molecule has 1 aromatic heterocycles. The van der Waals surface area contributed by atoms with Crippen LogP contribution in [0, 0.1) is 11.3 Å². The molecule has 0 fully saturated rings. The Labute approximate surface area is 126 Å². The number of rotatable bonds is 8.